The fourth-order valence-corrected chi connectivity index (χ4v) is 3.15. The predicted octanol–water partition coefficient (Wildman–Crippen LogP) is 1.80. The molecule has 0 unspecified atom stereocenters. The first-order chi connectivity index (χ1) is 14.5. The molecule has 0 bridgehead atoms. The molecule has 0 saturated carbocycles. The number of nitrogens with zero attached hydrogens (tertiary/aromatic N) is 3. The van der Waals surface area contributed by atoms with Gasteiger partial charge in [-0.1, -0.05) is 60.2 Å². The van der Waals surface area contributed by atoms with Crippen molar-refractivity contribution in [3.05, 3.63) is 105 Å². The van der Waals surface area contributed by atoms with E-state index in [0.717, 1.165) is 10.1 Å². The van der Waals surface area contributed by atoms with Crippen LogP contribution in [0.1, 0.15) is 27.0 Å². The lowest BCUT2D eigenvalue weighted by molar-refractivity contribution is 0.0955. The molecule has 0 spiro atoms. The predicted molar refractivity (Wildman–Crippen MR) is 113 cm³/mol. The number of rotatable bonds is 5. The zero-order valence-electron chi connectivity index (χ0n) is 16.4. The van der Waals surface area contributed by atoms with Crippen molar-refractivity contribution in [2.45, 2.75) is 13.3 Å². The Morgan fingerprint density at radius 2 is 1.80 bits per heavy atom. The Bertz CT molecular complexity index is 1310. The number of carbonyl (C=O) groups excluding carboxylic acids is 1. The summed E-state index contributed by atoms with van der Waals surface area (Å²) >= 11 is 0. The summed E-state index contributed by atoms with van der Waals surface area (Å²) < 4.78 is 1.03. The molecular formula is C23H20N4O3. The van der Waals surface area contributed by atoms with Crippen LogP contribution >= 0.6 is 0 Å². The van der Waals surface area contributed by atoms with Gasteiger partial charge in [0.25, 0.3) is 11.5 Å². The highest BCUT2D eigenvalue weighted by atomic mass is 16.3. The molecule has 2 aromatic carbocycles. The van der Waals surface area contributed by atoms with Gasteiger partial charge in [0.05, 0.1) is 6.20 Å². The van der Waals surface area contributed by atoms with Crippen molar-refractivity contribution in [1.29, 1.82) is 0 Å². The molecule has 0 saturated heterocycles. The zero-order valence-corrected chi connectivity index (χ0v) is 16.4. The molecule has 150 valence electrons. The SMILES string of the molecule is Cc1ccc(CCNC(=O)c2cnn3c(=O)c(=C(O)c4ccccc4)cnc23)cc1. The summed E-state index contributed by atoms with van der Waals surface area (Å²) in [5, 5.41) is 17.3. The monoisotopic (exact) mass is 400 g/mol. The summed E-state index contributed by atoms with van der Waals surface area (Å²) in [5.74, 6) is -0.539. The number of carbonyl (C=O) groups is 1. The molecule has 4 aromatic rings. The minimum Gasteiger partial charge on any atom is -0.506 e. The van der Waals surface area contributed by atoms with E-state index in [1.54, 1.807) is 24.3 Å². The van der Waals surface area contributed by atoms with Gasteiger partial charge < -0.3 is 10.4 Å². The van der Waals surface area contributed by atoms with Gasteiger partial charge in [0, 0.05) is 18.3 Å². The highest BCUT2D eigenvalue weighted by Gasteiger charge is 2.16. The van der Waals surface area contributed by atoms with Gasteiger partial charge in [0.1, 0.15) is 16.5 Å². The summed E-state index contributed by atoms with van der Waals surface area (Å²) in [6, 6.07) is 16.8. The summed E-state index contributed by atoms with van der Waals surface area (Å²) in [4.78, 5) is 29.5. The van der Waals surface area contributed by atoms with Crippen molar-refractivity contribution in [1.82, 2.24) is 19.9 Å². The number of aliphatic hydroxyl groups excluding tert-OH is 1. The molecule has 0 atom stereocenters. The zero-order chi connectivity index (χ0) is 21.1. The summed E-state index contributed by atoms with van der Waals surface area (Å²) in [7, 11) is 0. The number of aromatic nitrogens is 3. The van der Waals surface area contributed by atoms with E-state index in [-0.39, 0.29) is 28.1 Å². The van der Waals surface area contributed by atoms with Crippen LogP contribution in [0.4, 0.5) is 0 Å². The molecular weight excluding hydrogens is 380 g/mol. The van der Waals surface area contributed by atoms with E-state index in [1.807, 2.05) is 37.3 Å². The van der Waals surface area contributed by atoms with Gasteiger partial charge in [-0.2, -0.15) is 9.61 Å². The molecule has 4 rings (SSSR count). The summed E-state index contributed by atoms with van der Waals surface area (Å²) in [6.45, 7) is 2.47. The van der Waals surface area contributed by atoms with Crippen LogP contribution in [-0.4, -0.2) is 32.2 Å². The van der Waals surface area contributed by atoms with E-state index < -0.39 is 5.56 Å². The average Bonchev–Trinajstić information content (AvgIpc) is 3.21. The van der Waals surface area contributed by atoms with E-state index in [4.69, 9.17) is 0 Å². The number of nitrogens with one attached hydrogen (secondary N) is 1. The molecule has 2 aromatic heterocycles. The molecule has 0 aliphatic carbocycles. The first-order valence-electron chi connectivity index (χ1n) is 9.54. The Morgan fingerprint density at radius 3 is 2.53 bits per heavy atom. The van der Waals surface area contributed by atoms with Crippen LogP contribution in [-0.2, 0) is 6.42 Å². The Morgan fingerprint density at radius 1 is 1.07 bits per heavy atom. The van der Waals surface area contributed by atoms with Gasteiger partial charge in [-0.05, 0) is 18.9 Å². The topological polar surface area (TPSA) is 96.6 Å². The number of hydrogen-bond acceptors (Lipinski definition) is 5. The lowest BCUT2D eigenvalue weighted by atomic mass is 10.1. The molecule has 30 heavy (non-hydrogen) atoms. The molecule has 2 heterocycles. The van der Waals surface area contributed by atoms with Crippen LogP contribution in [0.15, 0.2) is 71.8 Å². The molecule has 1 amide bonds. The van der Waals surface area contributed by atoms with Crippen LogP contribution in [0, 0.1) is 6.92 Å². The maximum absolute atomic E-state index is 12.8. The number of amides is 1. The molecule has 7 nitrogen and oxygen atoms in total. The minimum absolute atomic E-state index is 0.0168. The van der Waals surface area contributed by atoms with Gasteiger partial charge in [0.15, 0.2) is 5.65 Å². The van der Waals surface area contributed by atoms with Crippen molar-refractivity contribution in [3.8, 4) is 0 Å². The van der Waals surface area contributed by atoms with Crippen molar-refractivity contribution < 1.29 is 9.90 Å². The van der Waals surface area contributed by atoms with E-state index >= 15 is 0 Å². The quantitative estimate of drug-likeness (QED) is 0.533. The summed E-state index contributed by atoms with van der Waals surface area (Å²) in [6.07, 6.45) is 3.27. The second-order valence-corrected chi connectivity index (χ2v) is 6.98. The second kappa shape index (κ2) is 8.16. The normalized spacial score (nSPS) is 12.0. The summed E-state index contributed by atoms with van der Waals surface area (Å²) in [5.41, 5.74) is 2.62. The maximum atomic E-state index is 12.8. The largest absolute Gasteiger partial charge is 0.506 e. The second-order valence-electron chi connectivity index (χ2n) is 6.98. The maximum Gasteiger partial charge on any atom is 0.285 e. The van der Waals surface area contributed by atoms with Crippen LogP contribution in [0.2, 0.25) is 0 Å². The lowest BCUT2D eigenvalue weighted by Crippen LogP contribution is -2.34. The lowest BCUT2D eigenvalue weighted by Gasteiger charge is -2.05. The highest BCUT2D eigenvalue weighted by Crippen LogP contribution is 2.08. The van der Waals surface area contributed by atoms with Crippen molar-refractivity contribution in [2.24, 2.45) is 0 Å². The molecule has 0 aliphatic heterocycles. The van der Waals surface area contributed by atoms with Gasteiger partial charge in [-0.3, -0.25) is 9.59 Å². The molecule has 2 N–H and O–H groups in total. The number of benzene rings is 2. The fraction of sp³-hybridized carbons (Fsp3) is 0.130. The minimum atomic E-state index is -0.542. The highest BCUT2D eigenvalue weighted by molar-refractivity contribution is 5.99. The first kappa shape index (κ1) is 19.3. The van der Waals surface area contributed by atoms with E-state index in [2.05, 4.69) is 15.4 Å². The van der Waals surface area contributed by atoms with Crippen LogP contribution in [0.25, 0.3) is 11.4 Å². The van der Waals surface area contributed by atoms with Gasteiger partial charge in [-0.25, -0.2) is 4.98 Å². The number of aryl methyl sites for hydroxylation is 1. The van der Waals surface area contributed by atoms with Crippen molar-refractivity contribution >= 4 is 17.3 Å². The first-order valence-corrected chi connectivity index (χ1v) is 9.54. The third-order valence-electron chi connectivity index (χ3n) is 4.85. The van der Waals surface area contributed by atoms with E-state index in [0.29, 0.717) is 18.5 Å². The van der Waals surface area contributed by atoms with E-state index in [1.165, 1.54) is 18.0 Å². The third-order valence-corrected chi connectivity index (χ3v) is 4.85. The third kappa shape index (κ3) is 3.77. The van der Waals surface area contributed by atoms with Crippen molar-refractivity contribution in [3.63, 3.8) is 0 Å². The molecule has 7 heteroatoms. The van der Waals surface area contributed by atoms with Crippen LogP contribution in [0.5, 0.6) is 0 Å². The molecule has 0 fully saturated rings. The Labute approximate surface area is 172 Å². The van der Waals surface area contributed by atoms with Crippen LogP contribution < -0.4 is 16.1 Å². The average molecular weight is 400 g/mol. The Hall–Kier alpha value is -4.00. The standard InChI is InChI=1S/C23H20N4O3/c1-15-7-9-16(10-8-15)11-12-24-22(29)19-14-26-27-21(19)25-13-18(23(27)30)20(28)17-5-3-2-4-6-17/h2-10,13-14,28H,11-12H2,1H3,(H,24,29). The molecule has 0 aliphatic rings. The van der Waals surface area contributed by atoms with Gasteiger partial charge in [-0.15, -0.1) is 0 Å². The van der Waals surface area contributed by atoms with Gasteiger partial charge >= 0.3 is 0 Å². The fourth-order valence-electron chi connectivity index (χ4n) is 3.15. The van der Waals surface area contributed by atoms with Gasteiger partial charge in [0.2, 0.25) is 0 Å². The molecule has 0 radical (unpaired) electrons. The number of hydrogen-bond donors (Lipinski definition) is 2. The van der Waals surface area contributed by atoms with Crippen LogP contribution in [0.3, 0.4) is 0 Å². The number of aliphatic hydroxyl groups is 1. The smallest absolute Gasteiger partial charge is 0.285 e. The van der Waals surface area contributed by atoms with E-state index in [9.17, 15) is 14.7 Å². The Balaban J connectivity index is 1.57. The Kier molecular flexibility index (Phi) is 5.26. The number of fused-ring (bicyclic) bond motifs is 1. The van der Waals surface area contributed by atoms with Crippen molar-refractivity contribution in [2.75, 3.05) is 6.54 Å².